The quantitative estimate of drug-likeness (QED) is 0.714. The molecule has 19 heavy (non-hydrogen) atoms. The number of amides is 1. The summed E-state index contributed by atoms with van der Waals surface area (Å²) >= 11 is 0. The summed E-state index contributed by atoms with van der Waals surface area (Å²) in [5, 5.41) is 11.4. The molecule has 0 saturated carbocycles. The van der Waals surface area contributed by atoms with Crippen LogP contribution in [0.5, 0.6) is 0 Å². The molecule has 6 nitrogen and oxygen atoms in total. The van der Waals surface area contributed by atoms with E-state index in [1.807, 2.05) is 0 Å². The monoisotopic (exact) mass is 266 g/mol. The van der Waals surface area contributed by atoms with Crippen molar-refractivity contribution in [2.75, 3.05) is 11.1 Å². The van der Waals surface area contributed by atoms with E-state index in [4.69, 9.17) is 15.6 Å². The lowest BCUT2D eigenvalue weighted by molar-refractivity contribution is 0.0632. The zero-order chi connectivity index (χ0) is 14.8. The molecule has 0 unspecified atom stereocenters. The summed E-state index contributed by atoms with van der Waals surface area (Å²) in [6, 6.07) is 2.69. The highest BCUT2D eigenvalue weighted by atomic mass is 16.6. The highest BCUT2D eigenvalue weighted by Gasteiger charge is 2.18. The minimum absolute atomic E-state index is 0.00848. The number of anilines is 2. The van der Waals surface area contributed by atoms with E-state index in [0.717, 1.165) is 0 Å². The molecule has 0 bridgehead atoms. The molecule has 0 atom stereocenters. The first-order chi connectivity index (χ1) is 8.60. The van der Waals surface area contributed by atoms with Crippen LogP contribution < -0.4 is 11.1 Å². The lowest BCUT2D eigenvalue weighted by atomic mass is 10.1. The second-order valence-electron chi connectivity index (χ2n) is 5.17. The molecule has 0 spiro atoms. The highest BCUT2D eigenvalue weighted by Crippen LogP contribution is 2.24. The van der Waals surface area contributed by atoms with E-state index >= 15 is 0 Å². The van der Waals surface area contributed by atoms with E-state index in [1.54, 1.807) is 27.7 Å². The third-order valence-electron chi connectivity index (χ3n) is 2.33. The molecule has 0 saturated heterocycles. The lowest BCUT2D eigenvalue weighted by Crippen LogP contribution is -2.27. The Hall–Kier alpha value is -2.24. The second-order valence-corrected chi connectivity index (χ2v) is 5.17. The number of carbonyl (C=O) groups is 2. The number of ether oxygens (including phenoxy) is 1. The Kier molecular flexibility index (Phi) is 4.04. The predicted molar refractivity (Wildman–Crippen MR) is 72.4 cm³/mol. The first-order valence-corrected chi connectivity index (χ1v) is 5.73. The summed E-state index contributed by atoms with van der Waals surface area (Å²) in [5.41, 5.74) is 6.30. The van der Waals surface area contributed by atoms with E-state index in [9.17, 15) is 9.59 Å². The predicted octanol–water partition coefficient (Wildman–Crippen LogP) is 2.62. The van der Waals surface area contributed by atoms with Crippen LogP contribution in [0.3, 0.4) is 0 Å². The van der Waals surface area contributed by atoms with Gasteiger partial charge < -0.3 is 15.6 Å². The van der Waals surface area contributed by atoms with Gasteiger partial charge in [0.2, 0.25) is 0 Å². The Morgan fingerprint density at radius 1 is 1.32 bits per heavy atom. The molecule has 1 aromatic carbocycles. The zero-order valence-corrected chi connectivity index (χ0v) is 11.4. The van der Waals surface area contributed by atoms with Crippen LogP contribution >= 0.6 is 0 Å². The number of nitrogens with one attached hydrogen (secondary N) is 1. The Balaban J connectivity index is 3.01. The van der Waals surface area contributed by atoms with Crippen LogP contribution in [0.2, 0.25) is 0 Å². The van der Waals surface area contributed by atoms with Crippen LogP contribution in [0.1, 0.15) is 36.7 Å². The fourth-order valence-electron chi connectivity index (χ4n) is 1.40. The van der Waals surface area contributed by atoms with Gasteiger partial charge in [0.15, 0.2) is 0 Å². The average molecular weight is 266 g/mol. The SMILES string of the molecule is Cc1c(N)cc(C(=O)O)cc1NC(=O)OC(C)(C)C. The Bertz CT molecular complexity index is 518. The first-order valence-electron chi connectivity index (χ1n) is 5.73. The summed E-state index contributed by atoms with van der Waals surface area (Å²) in [4.78, 5) is 22.6. The molecule has 0 aliphatic carbocycles. The van der Waals surface area contributed by atoms with E-state index < -0.39 is 17.7 Å². The third kappa shape index (κ3) is 4.17. The number of carboxylic acids is 1. The van der Waals surface area contributed by atoms with Crippen LogP contribution in [-0.2, 0) is 4.74 Å². The number of hydrogen-bond donors (Lipinski definition) is 3. The summed E-state index contributed by atoms with van der Waals surface area (Å²) in [6.45, 7) is 6.90. The smallest absolute Gasteiger partial charge is 0.412 e. The van der Waals surface area contributed by atoms with E-state index in [1.165, 1.54) is 12.1 Å². The molecule has 0 heterocycles. The van der Waals surface area contributed by atoms with Crippen LogP contribution in [0.4, 0.5) is 16.2 Å². The van der Waals surface area contributed by atoms with Gasteiger partial charge >= 0.3 is 12.1 Å². The van der Waals surface area contributed by atoms with Crippen LogP contribution in [0.15, 0.2) is 12.1 Å². The first kappa shape index (κ1) is 14.8. The number of benzene rings is 1. The summed E-state index contributed by atoms with van der Waals surface area (Å²) in [7, 11) is 0. The second kappa shape index (κ2) is 5.17. The van der Waals surface area contributed by atoms with Gasteiger partial charge in [-0.1, -0.05) is 0 Å². The molecule has 1 rings (SSSR count). The third-order valence-corrected chi connectivity index (χ3v) is 2.33. The van der Waals surface area contributed by atoms with Gasteiger partial charge in [-0.25, -0.2) is 9.59 Å². The Morgan fingerprint density at radius 3 is 2.37 bits per heavy atom. The Labute approximate surface area is 111 Å². The summed E-state index contributed by atoms with van der Waals surface area (Å²) in [5.74, 6) is -1.11. The molecule has 0 radical (unpaired) electrons. The molecular formula is C13H18N2O4. The summed E-state index contributed by atoms with van der Waals surface area (Å²) in [6.07, 6.45) is -0.655. The maximum atomic E-state index is 11.7. The normalized spacial score (nSPS) is 10.9. The van der Waals surface area contributed by atoms with Crippen LogP contribution in [-0.4, -0.2) is 22.8 Å². The number of carbonyl (C=O) groups excluding carboxylic acids is 1. The van der Waals surface area contributed by atoms with Crippen LogP contribution in [0, 0.1) is 6.92 Å². The van der Waals surface area contributed by atoms with Crippen molar-refractivity contribution in [3.05, 3.63) is 23.3 Å². The largest absolute Gasteiger partial charge is 0.478 e. The molecule has 0 aliphatic heterocycles. The molecule has 4 N–H and O–H groups in total. The van der Waals surface area contributed by atoms with Gasteiger partial charge in [-0.3, -0.25) is 5.32 Å². The molecular weight excluding hydrogens is 248 g/mol. The van der Waals surface area contributed by atoms with Gasteiger partial charge in [-0.05, 0) is 45.4 Å². The number of nitrogen functional groups attached to an aromatic ring is 1. The number of hydrogen-bond acceptors (Lipinski definition) is 4. The maximum absolute atomic E-state index is 11.7. The number of aromatic carboxylic acids is 1. The van der Waals surface area contributed by atoms with Crippen molar-refractivity contribution in [2.45, 2.75) is 33.3 Å². The lowest BCUT2D eigenvalue weighted by Gasteiger charge is -2.20. The molecule has 6 heteroatoms. The van der Waals surface area contributed by atoms with Gasteiger partial charge in [0.25, 0.3) is 0 Å². The molecule has 1 aromatic rings. The minimum Gasteiger partial charge on any atom is -0.478 e. The van der Waals surface area contributed by atoms with Gasteiger partial charge in [0, 0.05) is 11.4 Å². The van der Waals surface area contributed by atoms with E-state index in [-0.39, 0.29) is 5.56 Å². The van der Waals surface area contributed by atoms with Gasteiger partial charge in [0.05, 0.1) is 5.56 Å². The number of nitrogens with two attached hydrogens (primary N) is 1. The topological polar surface area (TPSA) is 102 Å². The molecule has 1 amide bonds. The van der Waals surface area contributed by atoms with E-state index in [0.29, 0.717) is 16.9 Å². The number of rotatable bonds is 2. The Morgan fingerprint density at radius 2 is 1.89 bits per heavy atom. The molecule has 104 valence electrons. The van der Waals surface area contributed by atoms with Gasteiger partial charge in [-0.15, -0.1) is 0 Å². The van der Waals surface area contributed by atoms with Gasteiger partial charge in [0.1, 0.15) is 5.60 Å². The van der Waals surface area contributed by atoms with Crippen molar-refractivity contribution < 1.29 is 19.4 Å². The molecule has 0 aromatic heterocycles. The molecule has 0 aliphatic rings. The van der Waals surface area contributed by atoms with Crippen molar-refractivity contribution in [3.8, 4) is 0 Å². The van der Waals surface area contributed by atoms with Crippen molar-refractivity contribution >= 4 is 23.4 Å². The fourth-order valence-corrected chi connectivity index (χ4v) is 1.40. The standard InChI is InChI=1S/C13H18N2O4/c1-7-9(14)5-8(11(16)17)6-10(7)15-12(18)19-13(2,3)4/h5-6H,14H2,1-4H3,(H,15,18)(H,16,17). The van der Waals surface area contributed by atoms with Crippen molar-refractivity contribution in [1.82, 2.24) is 0 Å². The molecule has 0 fully saturated rings. The minimum atomic E-state index is -1.11. The van der Waals surface area contributed by atoms with Crippen molar-refractivity contribution in [2.24, 2.45) is 0 Å². The maximum Gasteiger partial charge on any atom is 0.412 e. The van der Waals surface area contributed by atoms with Gasteiger partial charge in [-0.2, -0.15) is 0 Å². The van der Waals surface area contributed by atoms with Crippen molar-refractivity contribution in [1.29, 1.82) is 0 Å². The summed E-state index contributed by atoms with van der Waals surface area (Å²) < 4.78 is 5.10. The van der Waals surface area contributed by atoms with E-state index in [2.05, 4.69) is 5.32 Å². The highest BCUT2D eigenvalue weighted by molar-refractivity contribution is 5.94. The number of carboxylic acid groups (broad SMARTS) is 1. The average Bonchev–Trinajstić information content (AvgIpc) is 2.21. The zero-order valence-electron chi connectivity index (χ0n) is 11.4. The van der Waals surface area contributed by atoms with Crippen molar-refractivity contribution in [3.63, 3.8) is 0 Å². The van der Waals surface area contributed by atoms with Crippen LogP contribution in [0.25, 0.3) is 0 Å². The fraction of sp³-hybridized carbons (Fsp3) is 0.385.